The molecule has 0 aliphatic carbocycles. The van der Waals surface area contributed by atoms with Crippen molar-refractivity contribution in [2.75, 3.05) is 18.2 Å². The molecule has 0 heterocycles. The zero-order valence-electron chi connectivity index (χ0n) is 10.3. The number of anilines is 2. The summed E-state index contributed by atoms with van der Waals surface area (Å²) in [5.41, 5.74) is 6.82. The van der Waals surface area contributed by atoms with Crippen LogP contribution in [0.4, 0.5) is 15.8 Å². The molecule has 2 aromatic rings. The van der Waals surface area contributed by atoms with Gasteiger partial charge in [-0.25, -0.2) is 4.39 Å². The lowest BCUT2D eigenvalue weighted by Crippen LogP contribution is -2.13. The van der Waals surface area contributed by atoms with E-state index in [2.05, 4.69) is 5.32 Å². The van der Waals surface area contributed by atoms with Gasteiger partial charge in [-0.2, -0.15) is 0 Å². The van der Waals surface area contributed by atoms with Gasteiger partial charge in [-0.15, -0.1) is 0 Å². The highest BCUT2D eigenvalue weighted by Crippen LogP contribution is 2.26. The Bertz CT molecular complexity index is 614. The van der Waals surface area contributed by atoms with E-state index in [1.807, 2.05) is 0 Å². The number of methoxy groups -OCH3 is 1. The fourth-order valence-electron chi connectivity index (χ4n) is 1.65. The van der Waals surface area contributed by atoms with E-state index in [9.17, 15) is 9.18 Å². The number of nitrogens with one attached hydrogen (secondary N) is 1. The molecule has 0 radical (unpaired) electrons. The van der Waals surface area contributed by atoms with Crippen LogP contribution in [0.3, 0.4) is 0 Å². The number of rotatable bonds is 3. The number of halogens is 1. The average molecular weight is 260 g/mol. The summed E-state index contributed by atoms with van der Waals surface area (Å²) in [5.74, 6) is -0.408. The molecule has 5 heteroatoms. The van der Waals surface area contributed by atoms with Gasteiger partial charge in [0.15, 0.2) is 0 Å². The minimum absolute atomic E-state index is 0.226. The summed E-state index contributed by atoms with van der Waals surface area (Å²) in [5, 5.41) is 2.64. The van der Waals surface area contributed by atoms with Gasteiger partial charge in [0.25, 0.3) is 5.91 Å². The Morgan fingerprint density at radius 3 is 2.74 bits per heavy atom. The molecule has 0 spiro atoms. The van der Waals surface area contributed by atoms with Gasteiger partial charge in [-0.3, -0.25) is 4.79 Å². The number of carbonyl (C=O) groups excluding carboxylic acids is 1. The lowest BCUT2D eigenvalue weighted by atomic mass is 10.2. The number of amides is 1. The van der Waals surface area contributed by atoms with E-state index < -0.39 is 11.7 Å². The van der Waals surface area contributed by atoms with Crippen molar-refractivity contribution in [3.8, 4) is 5.75 Å². The second-order valence-electron chi connectivity index (χ2n) is 3.92. The fourth-order valence-corrected chi connectivity index (χ4v) is 1.65. The van der Waals surface area contributed by atoms with Gasteiger partial charge in [0, 0.05) is 11.3 Å². The van der Waals surface area contributed by atoms with Crippen LogP contribution in [0.2, 0.25) is 0 Å². The van der Waals surface area contributed by atoms with E-state index in [0.717, 1.165) is 6.07 Å². The molecule has 0 aliphatic heterocycles. The van der Waals surface area contributed by atoms with Crippen LogP contribution in [0, 0.1) is 5.82 Å². The predicted molar refractivity (Wildman–Crippen MR) is 71.8 cm³/mol. The number of nitrogen functional groups attached to an aromatic ring is 1. The van der Waals surface area contributed by atoms with Crippen LogP contribution in [0.5, 0.6) is 5.75 Å². The molecule has 0 atom stereocenters. The zero-order chi connectivity index (χ0) is 13.8. The molecule has 98 valence electrons. The van der Waals surface area contributed by atoms with Gasteiger partial charge >= 0.3 is 0 Å². The molecular formula is C14H13FN2O2. The highest BCUT2D eigenvalue weighted by molar-refractivity contribution is 6.05. The summed E-state index contributed by atoms with van der Waals surface area (Å²) in [7, 11) is 1.49. The number of benzene rings is 2. The Morgan fingerprint density at radius 2 is 2.05 bits per heavy atom. The van der Waals surface area contributed by atoms with Crippen molar-refractivity contribution in [1.82, 2.24) is 0 Å². The van der Waals surface area contributed by atoms with Gasteiger partial charge in [0.05, 0.1) is 12.8 Å². The van der Waals surface area contributed by atoms with E-state index in [-0.39, 0.29) is 5.56 Å². The normalized spacial score (nSPS) is 10.0. The Labute approximate surface area is 110 Å². The number of carbonyl (C=O) groups is 1. The van der Waals surface area contributed by atoms with Crippen LogP contribution in [0.15, 0.2) is 42.5 Å². The third-order valence-corrected chi connectivity index (χ3v) is 2.56. The molecule has 0 saturated carbocycles. The van der Waals surface area contributed by atoms with E-state index in [0.29, 0.717) is 17.1 Å². The summed E-state index contributed by atoms with van der Waals surface area (Å²) in [4.78, 5) is 12.0. The van der Waals surface area contributed by atoms with Crippen LogP contribution >= 0.6 is 0 Å². The van der Waals surface area contributed by atoms with Crippen molar-refractivity contribution < 1.29 is 13.9 Å². The first-order chi connectivity index (χ1) is 9.10. The summed E-state index contributed by atoms with van der Waals surface area (Å²) in [6.45, 7) is 0. The minimum atomic E-state index is -0.466. The van der Waals surface area contributed by atoms with E-state index in [1.54, 1.807) is 18.2 Å². The summed E-state index contributed by atoms with van der Waals surface area (Å²) < 4.78 is 18.2. The lowest BCUT2D eigenvalue weighted by molar-refractivity contribution is 0.102. The summed E-state index contributed by atoms with van der Waals surface area (Å²) in [6.07, 6.45) is 0. The molecule has 1 amide bonds. The smallest absolute Gasteiger partial charge is 0.255 e. The third-order valence-electron chi connectivity index (χ3n) is 2.56. The second-order valence-corrected chi connectivity index (χ2v) is 3.92. The monoisotopic (exact) mass is 260 g/mol. The number of nitrogens with two attached hydrogens (primary N) is 1. The molecular weight excluding hydrogens is 247 g/mol. The van der Waals surface area contributed by atoms with Crippen LogP contribution in [0.25, 0.3) is 0 Å². The van der Waals surface area contributed by atoms with Gasteiger partial charge < -0.3 is 15.8 Å². The largest absolute Gasteiger partial charge is 0.495 e. The number of ether oxygens (including phenoxy) is 1. The van der Waals surface area contributed by atoms with Crippen molar-refractivity contribution in [1.29, 1.82) is 0 Å². The maximum absolute atomic E-state index is 13.1. The van der Waals surface area contributed by atoms with Gasteiger partial charge in [-0.1, -0.05) is 6.07 Å². The first-order valence-corrected chi connectivity index (χ1v) is 5.60. The fraction of sp³-hybridized carbons (Fsp3) is 0.0714. The van der Waals surface area contributed by atoms with Crippen molar-refractivity contribution in [3.63, 3.8) is 0 Å². The second kappa shape index (κ2) is 5.39. The van der Waals surface area contributed by atoms with Crippen LogP contribution in [0.1, 0.15) is 10.4 Å². The van der Waals surface area contributed by atoms with Crippen LogP contribution in [-0.2, 0) is 0 Å². The molecule has 0 fully saturated rings. The molecule has 0 saturated heterocycles. The Hall–Kier alpha value is -2.56. The molecule has 3 N–H and O–H groups in total. The van der Waals surface area contributed by atoms with Crippen LogP contribution < -0.4 is 15.8 Å². The zero-order valence-corrected chi connectivity index (χ0v) is 10.3. The lowest BCUT2D eigenvalue weighted by Gasteiger charge is -2.10. The average Bonchev–Trinajstić information content (AvgIpc) is 2.39. The predicted octanol–water partition coefficient (Wildman–Crippen LogP) is 2.67. The Morgan fingerprint density at radius 1 is 1.26 bits per heavy atom. The first-order valence-electron chi connectivity index (χ1n) is 5.60. The molecule has 19 heavy (non-hydrogen) atoms. The summed E-state index contributed by atoms with van der Waals surface area (Å²) >= 11 is 0. The van der Waals surface area contributed by atoms with Crippen molar-refractivity contribution in [3.05, 3.63) is 53.8 Å². The van der Waals surface area contributed by atoms with E-state index in [4.69, 9.17) is 10.5 Å². The maximum atomic E-state index is 13.1. The van der Waals surface area contributed by atoms with Gasteiger partial charge in [0.2, 0.25) is 0 Å². The quantitative estimate of drug-likeness (QED) is 0.834. The molecule has 0 aliphatic rings. The van der Waals surface area contributed by atoms with Crippen molar-refractivity contribution >= 4 is 17.3 Å². The topological polar surface area (TPSA) is 64.3 Å². The highest BCUT2D eigenvalue weighted by Gasteiger charge is 2.10. The molecule has 2 rings (SSSR count). The summed E-state index contributed by atoms with van der Waals surface area (Å²) in [6, 6.07) is 10.3. The molecule has 2 aromatic carbocycles. The van der Waals surface area contributed by atoms with Gasteiger partial charge in [0.1, 0.15) is 11.6 Å². The molecule has 0 aromatic heterocycles. The van der Waals surface area contributed by atoms with Gasteiger partial charge in [-0.05, 0) is 36.4 Å². The Kier molecular flexibility index (Phi) is 3.66. The SMILES string of the molecule is COc1ccc(N)cc1NC(=O)c1cccc(F)c1. The maximum Gasteiger partial charge on any atom is 0.255 e. The molecule has 0 bridgehead atoms. The van der Waals surface area contributed by atoms with Crippen molar-refractivity contribution in [2.24, 2.45) is 0 Å². The van der Waals surface area contributed by atoms with E-state index >= 15 is 0 Å². The number of hydrogen-bond acceptors (Lipinski definition) is 3. The molecule has 0 unspecified atom stereocenters. The molecule has 4 nitrogen and oxygen atoms in total. The van der Waals surface area contributed by atoms with Crippen molar-refractivity contribution in [2.45, 2.75) is 0 Å². The highest BCUT2D eigenvalue weighted by atomic mass is 19.1. The minimum Gasteiger partial charge on any atom is -0.495 e. The Balaban J connectivity index is 2.26. The number of hydrogen-bond donors (Lipinski definition) is 2. The first kappa shape index (κ1) is 12.9. The van der Waals surface area contributed by atoms with Crippen LogP contribution in [-0.4, -0.2) is 13.0 Å². The van der Waals surface area contributed by atoms with E-state index in [1.165, 1.54) is 25.3 Å². The third kappa shape index (κ3) is 3.01. The standard InChI is InChI=1S/C14H13FN2O2/c1-19-13-6-5-11(16)8-12(13)17-14(18)9-3-2-4-10(15)7-9/h2-8H,16H2,1H3,(H,17,18).